The van der Waals surface area contributed by atoms with E-state index in [0.29, 0.717) is 11.4 Å². The third kappa shape index (κ3) is 6.39. The normalized spacial score (nSPS) is 11.9. The van der Waals surface area contributed by atoms with E-state index in [9.17, 15) is 8.42 Å². The molecule has 0 saturated carbocycles. The van der Waals surface area contributed by atoms with Crippen LogP contribution in [0.15, 0.2) is 24.3 Å². The van der Waals surface area contributed by atoms with Gasteiger partial charge in [-0.25, -0.2) is 0 Å². The van der Waals surface area contributed by atoms with Crippen molar-refractivity contribution in [3.8, 4) is 5.75 Å². The molecule has 0 radical (unpaired) electrons. The van der Waals surface area contributed by atoms with Gasteiger partial charge < -0.3 is 10.5 Å². The zero-order valence-electron chi connectivity index (χ0n) is 11.7. The Balaban J connectivity index is 2.68. The van der Waals surface area contributed by atoms with Crippen LogP contribution >= 0.6 is 0 Å². The van der Waals surface area contributed by atoms with E-state index in [1.807, 2.05) is 0 Å². The van der Waals surface area contributed by atoms with Gasteiger partial charge >= 0.3 is 0 Å². The van der Waals surface area contributed by atoms with Crippen LogP contribution in [0.1, 0.15) is 20.8 Å². The molecular formula is C12H20N4O3S. The Bertz CT molecular complexity index is 561. The molecular weight excluding hydrogens is 280 g/mol. The van der Waals surface area contributed by atoms with Crippen LogP contribution in [-0.4, -0.2) is 26.4 Å². The van der Waals surface area contributed by atoms with Crippen LogP contribution in [0.3, 0.4) is 0 Å². The van der Waals surface area contributed by atoms with Crippen LogP contribution in [0.2, 0.25) is 0 Å². The molecule has 1 aromatic carbocycles. The molecule has 0 spiro atoms. The average molecular weight is 300 g/mol. The zero-order chi connectivity index (χ0) is 15.4. The van der Waals surface area contributed by atoms with Gasteiger partial charge in [-0.3, -0.25) is 10.1 Å². The summed E-state index contributed by atoms with van der Waals surface area (Å²) in [5.41, 5.74) is 5.03. The second-order valence-electron chi connectivity index (χ2n) is 5.30. The molecule has 0 heterocycles. The second-order valence-corrected chi connectivity index (χ2v) is 6.71. The highest BCUT2D eigenvalue weighted by Gasteiger charge is 2.19. The molecule has 0 saturated heterocycles. The van der Waals surface area contributed by atoms with E-state index in [1.54, 1.807) is 45.0 Å². The van der Waals surface area contributed by atoms with Crippen LogP contribution in [0, 0.1) is 5.41 Å². The highest BCUT2D eigenvalue weighted by molar-refractivity contribution is 7.90. The van der Waals surface area contributed by atoms with Gasteiger partial charge in [0.15, 0.2) is 0 Å². The number of nitrogens with two attached hydrogens (primary N) is 1. The molecule has 1 rings (SSSR count). The number of hydrogen-bond donors (Lipinski definition) is 4. The van der Waals surface area contributed by atoms with E-state index in [1.165, 1.54) is 0 Å². The summed E-state index contributed by atoms with van der Waals surface area (Å²) in [4.78, 5) is 0. The summed E-state index contributed by atoms with van der Waals surface area (Å²) in [5.74, 6) is 0.427. The molecule has 0 fully saturated rings. The average Bonchev–Trinajstić information content (AvgIpc) is 2.24. The van der Waals surface area contributed by atoms with Crippen LogP contribution in [0.5, 0.6) is 5.75 Å². The summed E-state index contributed by atoms with van der Waals surface area (Å²) in [7, 11) is -3.63. The zero-order valence-corrected chi connectivity index (χ0v) is 12.5. The van der Waals surface area contributed by atoms with Gasteiger partial charge in [-0.15, -0.1) is 0 Å². The summed E-state index contributed by atoms with van der Waals surface area (Å²) < 4.78 is 33.7. The number of rotatable bonds is 6. The third-order valence-corrected chi connectivity index (χ3v) is 3.33. The molecule has 0 atom stereocenters. The minimum absolute atomic E-state index is 0.00332. The van der Waals surface area contributed by atoms with Gasteiger partial charge in [0, 0.05) is 5.54 Å². The quantitative estimate of drug-likeness (QED) is 0.464. The van der Waals surface area contributed by atoms with E-state index in [-0.39, 0.29) is 12.4 Å². The summed E-state index contributed by atoms with van der Waals surface area (Å²) in [6.45, 7) is 5.26. The lowest BCUT2D eigenvalue weighted by Crippen LogP contribution is -2.43. The fourth-order valence-corrected chi connectivity index (χ4v) is 2.67. The molecule has 8 heteroatoms. The first-order valence-electron chi connectivity index (χ1n) is 5.95. The molecule has 0 aliphatic rings. The lowest BCUT2D eigenvalue weighted by Gasteiger charge is -2.20. The fraction of sp³-hybridized carbons (Fsp3) is 0.417. The van der Waals surface area contributed by atoms with Crippen molar-refractivity contribution in [1.82, 2.24) is 4.72 Å². The van der Waals surface area contributed by atoms with Crippen molar-refractivity contribution in [3.05, 3.63) is 24.3 Å². The maximum Gasteiger partial charge on any atom is 0.299 e. The lowest BCUT2D eigenvalue weighted by atomic mass is 10.1. The highest BCUT2D eigenvalue weighted by Crippen LogP contribution is 2.16. The third-order valence-electron chi connectivity index (χ3n) is 1.94. The largest absolute Gasteiger partial charge is 0.486 e. The molecule has 0 aliphatic carbocycles. The van der Waals surface area contributed by atoms with E-state index in [0.717, 1.165) is 0 Å². The van der Waals surface area contributed by atoms with Crippen molar-refractivity contribution in [2.45, 2.75) is 26.3 Å². The highest BCUT2D eigenvalue weighted by atomic mass is 32.2. The van der Waals surface area contributed by atoms with Gasteiger partial charge in [0.25, 0.3) is 10.2 Å². The minimum atomic E-state index is -3.63. The first-order chi connectivity index (χ1) is 9.07. The predicted molar refractivity (Wildman–Crippen MR) is 79.3 cm³/mol. The number of ether oxygens (including phenoxy) is 1. The number of anilines is 1. The topological polar surface area (TPSA) is 117 Å². The Morgan fingerprint density at radius 1 is 1.30 bits per heavy atom. The lowest BCUT2D eigenvalue weighted by molar-refractivity contribution is 0.374. The van der Waals surface area contributed by atoms with E-state index in [4.69, 9.17) is 15.9 Å². The van der Waals surface area contributed by atoms with Crippen LogP contribution in [0.25, 0.3) is 0 Å². The molecule has 20 heavy (non-hydrogen) atoms. The van der Waals surface area contributed by atoms with E-state index < -0.39 is 15.7 Å². The summed E-state index contributed by atoms with van der Waals surface area (Å²) >= 11 is 0. The Labute approximate surface area is 119 Å². The van der Waals surface area contributed by atoms with Gasteiger partial charge in [-0.05, 0) is 45.0 Å². The van der Waals surface area contributed by atoms with Crippen LogP contribution < -0.4 is 19.9 Å². The summed E-state index contributed by atoms with van der Waals surface area (Å²) in [6.07, 6.45) is 0. The maximum atomic E-state index is 11.8. The van der Waals surface area contributed by atoms with E-state index >= 15 is 0 Å². The van der Waals surface area contributed by atoms with Gasteiger partial charge in [0.1, 0.15) is 18.2 Å². The van der Waals surface area contributed by atoms with E-state index in [2.05, 4.69) is 9.44 Å². The Morgan fingerprint density at radius 2 is 1.85 bits per heavy atom. The maximum absolute atomic E-state index is 11.8. The van der Waals surface area contributed by atoms with Crippen molar-refractivity contribution in [2.75, 3.05) is 11.3 Å². The molecule has 0 unspecified atom stereocenters. The fourth-order valence-electron chi connectivity index (χ4n) is 1.36. The molecule has 5 N–H and O–H groups in total. The molecule has 7 nitrogen and oxygen atoms in total. The monoisotopic (exact) mass is 300 g/mol. The van der Waals surface area contributed by atoms with Gasteiger partial charge in [0.2, 0.25) is 0 Å². The molecule has 0 aromatic heterocycles. The number of benzene rings is 1. The van der Waals surface area contributed by atoms with Crippen LogP contribution in [-0.2, 0) is 10.2 Å². The van der Waals surface area contributed by atoms with Crippen molar-refractivity contribution in [2.24, 2.45) is 5.73 Å². The van der Waals surface area contributed by atoms with Crippen molar-refractivity contribution < 1.29 is 13.2 Å². The summed E-state index contributed by atoms with van der Waals surface area (Å²) in [5, 5.41) is 7.04. The predicted octanol–water partition coefficient (Wildman–Crippen LogP) is 1.05. The van der Waals surface area contributed by atoms with Gasteiger partial charge in [-0.2, -0.15) is 13.1 Å². The van der Waals surface area contributed by atoms with Gasteiger partial charge in [0.05, 0.1) is 5.69 Å². The first-order valence-corrected chi connectivity index (χ1v) is 7.43. The minimum Gasteiger partial charge on any atom is -0.486 e. The summed E-state index contributed by atoms with van der Waals surface area (Å²) in [6, 6.07) is 6.32. The van der Waals surface area contributed by atoms with Gasteiger partial charge in [-0.1, -0.05) is 0 Å². The first kappa shape index (κ1) is 16.3. The second kappa shape index (κ2) is 6.10. The number of nitrogens with one attached hydrogen (secondary N) is 3. The SMILES string of the molecule is CC(C)(C)NS(=O)(=O)Nc1ccc(OCC(=N)N)cc1. The number of amidine groups is 1. The van der Waals surface area contributed by atoms with Crippen molar-refractivity contribution in [3.63, 3.8) is 0 Å². The Kier molecular flexibility index (Phi) is 4.96. The molecule has 0 aliphatic heterocycles. The smallest absolute Gasteiger partial charge is 0.299 e. The standard InChI is InChI=1S/C12H20N4O3S/c1-12(2,3)16-20(17,18)15-9-4-6-10(7-5-9)19-8-11(13)14/h4-7,15-16H,8H2,1-3H3,(H3,13,14). The Hall–Kier alpha value is -1.80. The molecule has 0 bridgehead atoms. The van der Waals surface area contributed by atoms with Crippen molar-refractivity contribution in [1.29, 1.82) is 5.41 Å². The molecule has 0 amide bonds. The van der Waals surface area contributed by atoms with Crippen LogP contribution in [0.4, 0.5) is 5.69 Å². The molecule has 112 valence electrons. The molecule has 1 aromatic rings. The number of hydrogen-bond acceptors (Lipinski definition) is 4. The Morgan fingerprint density at radius 3 is 2.30 bits per heavy atom. The van der Waals surface area contributed by atoms with Crippen molar-refractivity contribution >= 4 is 21.7 Å².